The number of hydrogen-bond donors (Lipinski definition) is 0. The number of pyridine rings is 1. The van der Waals surface area contributed by atoms with Gasteiger partial charge >= 0.3 is 0 Å². The van der Waals surface area contributed by atoms with Crippen molar-refractivity contribution in [3.8, 4) is 0 Å². The molecule has 1 aromatic heterocycles. The van der Waals surface area contributed by atoms with Crippen molar-refractivity contribution in [2.75, 3.05) is 27.2 Å². The molecule has 0 aliphatic carbocycles. The van der Waals surface area contributed by atoms with E-state index >= 15 is 0 Å². The van der Waals surface area contributed by atoms with Crippen molar-refractivity contribution in [1.82, 2.24) is 14.2 Å². The molecule has 2 heterocycles. The number of rotatable bonds is 3. The van der Waals surface area contributed by atoms with Gasteiger partial charge in [0.15, 0.2) is 0 Å². The lowest BCUT2D eigenvalue weighted by molar-refractivity contribution is 0.263. The van der Waals surface area contributed by atoms with E-state index in [0.29, 0.717) is 24.2 Å². The van der Waals surface area contributed by atoms with Crippen LogP contribution in [0.2, 0.25) is 5.15 Å². The Bertz CT molecular complexity index is 545. The normalized spacial score (nSPS) is 25.1. The van der Waals surface area contributed by atoms with Gasteiger partial charge in [0.1, 0.15) is 10.0 Å². The van der Waals surface area contributed by atoms with Crippen LogP contribution in [0.3, 0.4) is 0 Å². The van der Waals surface area contributed by atoms with Crippen LogP contribution in [0.5, 0.6) is 0 Å². The van der Waals surface area contributed by atoms with E-state index in [2.05, 4.69) is 16.8 Å². The maximum atomic E-state index is 12.5. The molecule has 5 nitrogen and oxygen atoms in total. The maximum absolute atomic E-state index is 12.5. The number of halogens is 1. The molecule has 0 bridgehead atoms. The Balaban J connectivity index is 2.24. The molecule has 0 aromatic carbocycles. The van der Waals surface area contributed by atoms with E-state index in [1.54, 1.807) is 0 Å². The Labute approximate surface area is 119 Å². The Hall–Kier alpha value is -0.690. The lowest BCUT2D eigenvalue weighted by Crippen LogP contribution is -2.35. The first-order chi connectivity index (χ1) is 8.82. The maximum Gasteiger partial charge on any atom is 0.244 e. The van der Waals surface area contributed by atoms with Crippen LogP contribution in [0.1, 0.15) is 6.92 Å². The average molecular weight is 304 g/mol. The zero-order valence-electron chi connectivity index (χ0n) is 11.2. The van der Waals surface area contributed by atoms with Gasteiger partial charge in [-0.25, -0.2) is 13.4 Å². The second kappa shape index (κ2) is 5.36. The molecule has 2 atom stereocenters. The Morgan fingerprint density at radius 3 is 2.53 bits per heavy atom. The standard InChI is InChI=1S/C12H18ClN3O2S/c1-9-7-16(8-11(9)15(2)3)19(17,18)10-4-5-12(13)14-6-10/h4-6,9,11H,7-8H2,1-3H3. The molecule has 1 aliphatic rings. The van der Waals surface area contributed by atoms with E-state index in [0.717, 1.165) is 0 Å². The van der Waals surface area contributed by atoms with E-state index in [1.165, 1.54) is 22.6 Å². The fraction of sp³-hybridized carbons (Fsp3) is 0.583. The lowest BCUT2D eigenvalue weighted by Gasteiger charge is -2.22. The van der Waals surface area contributed by atoms with Gasteiger partial charge in [-0.2, -0.15) is 4.31 Å². The van der Waals surface area contributed by atoms with E-state index in [9.17, 15) is 8.42 Å². The summed E-state index contributed by atoms with van der Waals surface area (Å²) in [4.78, 5) is 6.11. The van der Waals surface area contributed by atoms with Crippen LogP contribution in [0.4, 0.5) is 0 Å². The van der Waals surface area contributed by atoms with Crippen LogP contribution in [-0.4, -0.2) is 55.8 Å². The minimum Gasteiger partial charge on any atom is -0.305 e. The highest BCUT2D eigenvalue weighted by molar-refractivity contribution is 7.89. The molecule has 19 heavy (non-hydrogen) atoms. The third-order valence-corrected chi connectivity index (χ3v) is 5.58. The highest BCUT2D eigenvalue weighted by Crippen LogP contribution is 2.26. The molecule has 1 fully saturated rings. The Morgan fingerprint density at radius 1 is 1.37 bits per heavy atom. The lowest BCUT2D eigenvalue weighted by atomic mass is 10.1. The molecule has 0 radical (unpaired) electrons. The van der Waals surface area contributed by atoms with E-state index < -0.39 is 10.0 Å². The van der Waals surface area contributed by atoms with E-state index in [-0.39, 0.29) is 10.9 Å². The van der Waals surface area contributed by atoms with Gasteiger partial charge in [0.05, 0.1) is 0 Å². The average Bonchev–Trinajstić information content (AvgIpc) is 2.72. The van der Waals surface area contributed by atoms with Crippen molar-refractivity contribution in [2.45, 2.75) is 17.9 Å². The minimum absolute atomic E-state index is 0.198. The van der Waals surface area contributed by atoms with Gasteiger partial charge in [0.25, 0.3) is 0 Å². The third kappa shape index (κ3) is 2.91. The first kappa shape index (κ1) is 14.7. The predicted octanol–water partition coefficient (Wildman–Crippen LogP) is 1.31. The fourth-order valence-electron chi connectivity index (χ4n) is 2.44. The molecule has 1 saturated heterocycles. The molecule has 1 aromatic rings. The van der Waals surface area contributed by atoms with Crippen LogP contribution >= 0.6 is 11.6 Å². The van der Waals surface area contributed by atoms with Crippen LogP contribution in [0.15, 0.2) is 23.2 Å². The van der Waals surface area contributed by atoms with Crippen LogP contribution in [-0.2, 0) is 10.0 Å². The second-order valence-corrected chi connectivity index (χ2v) is 7.47. The highest BCUT2D eigenvalue weighted by Gasteiger charge is 2.38. The molecule has 2 rings (SSSR count). The van der Waals surface area contributed by atoms with Crippen LogP contribution in [0, 0.1) is 5.92 Å². The molecular formula is C12H18ClN3O2S. The number of likely N-dealkylation sites (N-methyl/N-ethyl adjacent to an activating group) is 1. The predicted molar refractivity (Wildman–Crippen MR) is 74.6 cm³/mol. The molecule has 106 valence electrons. The summed E-state index contributed by atoms with van der Waals surface area (Å²) < 4.78 is 26.5. The number of sulfonamides is 1. The van der Waals surface area contributed by atoms with Crippen molar-refractivity contribution in [3.63, 3.8) is 0 Å². The summed E-state index contributed by atoms with van der Waals surface area (Å²) in [5, 5.41) is 0.292. The third-order valence-electron chi connectivity index (χ3n) is 3.54. The van der Waals surface area contributed by atoms with Gasteiger partial charge in [-0.1, -0.05) is 18.5 Å². The SMILES string of the molecule is CC1CN(S(=O)(=O)c2ccc(Cl)nc2)CC1N(C)C. The van der Waals surface area contributed by atoms with Crippen molar-refractivity contribution < 1.29 is 8.42 Å². The first-order valence-electron chi connectivity index (χ1n) is 6.10. The molecule has 0 spiro atoms. The number of nitrogens with zero attached hydrogens (tertiary/aromatic N) is 3. The summed E-state index contributed by atoms with van der Waals surface area (Å²) in [7, 11) is 0.477. The van der Waals surface area contributed by atoms with Gasteiger partial charge in [0, 0.05) is 25.3 Å². The second-order valence-electron chi connectivity index (χ2n) is 5.15. The van der Waals surface area contributed by atoms with Crippen LogP contribution < -0.4 is 0 Å². The summed E-state index contributed by atoms with van der Waals surface area (Å²) in [6, 6.07) is 3.24. The van der Waals surface area contributed by atoms with Crippen molar-refractivity contribution in [1.29, 1.82) is 0 Å². The molecule has 0 amide bonds. The Morgan fingerprint density at radius 2 is 2.05 bits per heavy atom. The molecular weight excluding hydrogens is 286 g/mol. The summed E-state index contributed by atoms with van der Waals surface area (Å²) >= 11 is 5.68. The summed E-state index contributed by atoms with van der Waals surface area (Å²) in [5.74, 6) is 0.310. The molecule has 1 aliphatic heterocycles. The molecule has 7 heteroatoms. The summed E-state index contributed by atoms with van der Waals surface area (Å²) in [6.07, 6.45) is 1.31. The quantitative estimate of drug-likeness (QED) is 0.790. The van der Waals surface area contributed by atoms with Gasteiger partial charge in [-0.05, 0) is 32.1 Å². The topological polar surface area (TPSA) is 53.5 Å². The summed E-state index contributed by atoms with van der Waals surface area (Å²) in [6.45, 7) is 3.12. The van der Waals surface area contributed by atoms with E-state index in [4.69, 9.17) is 11.6 Å². The monoisotopic (exact) mass is 303 g/mol. The minimum atomic E-state index is -3.47. The van der Waals surface area contributed by atoms with Crippen molar-refractivity contribution in [3.05, 3.63) is 23.5 Å². The van der Waals surface area contributed by atoms with Gasteiger partial charge in [-0.3, -0.25) is 0 Å². The van der Waals surface area contributed by atoms with Crippen LogP contribution in [0.25, 0.3) is 0 Å². The molecule has 0 saturated carbocycles. The van der Waals surface area contributed by atoms with Crippen molar-refractivity contribution in [2.24, 2.45) is 5.92 Å². The van der Waals surface area contributed by atoms with Gasteiger partial charge in [0.2, 0.25) is 10.0 Å². The van der Waals surface area contributed by atoms with Gasteiger partial charge in [-0.15, -0.1) is 0 Å². The number of aromatic nitrogens is 1. The smallest absolute Gasteiger partial charge is 0.244 e. The first-order valence-corrected chi connectivity index (χ1v) is 7.92. The van der Waals surface area contributed by atoms with E-state index in [1.807, 2.05) is 14.1 Å². The van der Waals surface area contributed by atoms with Crippen molar-refractivity contribution >= 4 is 21.6 Å². The summed E-state index contributed by atoms with van der Waals surface area (Å²) in [5.41, 5.74) is 0. The fourth-order valence-corrected chi connectivity index (χ4v) is 4.05. The zero-order chi connectivity index (χ0) is 14.2. The molecule has 0 N–H and O–H groups in total. The highest BCUT2D eigenvalue weighted by atomic mass is 35.5. The Kier molecular flexibility index (Phi) is 4.15. The largest absolute Gasteiger partial charge is 0.305 e. The molecule has 2 unspecified atom stereocenters. The van der Waals surface area contributed by atoms with Gasteiger partial charge < -0.3 is 4.90 Å². The zero-order valence-corrected chi connectivity index (χ0v) is 12.8. The number of hydrogen-bond acceptors (Lipinski definition) is 4.